The number of hydrogen-bond donors (Lipinski definition) is 2. The van der Waals surface area contributed by atoms with Crippen molar-refractivity contribution in [3.05, 3.63) is 18.2 Å². The molecule has 2 aliphatic carbocycles. The molecule has 1 heterocycles. The third-order valence-electron chi connectivity index (χ3n) is 3.58. The summed E-state index contributed by atoms with van der Waals surface area (Å²) in [5.74, 6) is 3.78. The van der Waals surface area contributed by atoms with Crippen molar-refractivity contribution in [3.8, 4) is 0 Å². The van der Waals surface area contributed by atoms with Gasteiger partial charge in [0.05, 0.1) is 0 Å². The molecule has 0 aliphatic heterocycles. The van der Waals surface area contributed by atoms with Crippen LogP contribution in [-0.2, 0) is 0 Å². The van der Waals surface area contributed by atoms with Crippen LogP contribution in [0.1, 0.15) is 25.7 Å². The van der Waals surface area contributed by atoms with E-state index in [9.17, 15) is 0 Å². The summed E-state index contributed by atoms with van der Waals surface area (Å²) >= 11 is 0. The molecule has 16 heavy (non-hydrogen) atoms. The van der Waals surface area contributed by atoms with Crippen LogP contribution in [0.3, 0.4) is 0 Å². The summed E-state index contributed by atoms with van der Waals surface area (Å²) in [6, 6.07) is 6.80. The SMILES string of the molecule is CNc1cccc(NC(C2CC2)C2CC2)n1. The largest absolute Gasteiger partial charge is 0.373 e. The molecule has 3 heteroatoms. The molecular formula is C13H19N3. The maximum Gasteiger partial charge on any atom is 0.128 e. The zero-order valence-corrected chi connectivity index (χ0v) is 9.74. The Bertz CT molecular complexity index is 357. The highest BCUT2D eigenvalue weighted by atomic mass is 15.1. The van der Waals surface area contributed by atoms with Crippen LogP contribution in [0.25, 0.3) is 0 Å². The second-order valence-corrected chi connectivity index (χ2v) is 5.00. The van der Waals surface area contributed by atoms with Gasteiger partial charge in [-0.1, -0.05) is 6.07 Å². The summed E-state index contributed by atoms with van der Waals surface area (Å²) in [5, 5.41) is 6.71. The third-order valence-corrected chi connectivity index (χ3v) is 3.58. The van der Waals surface area contributed by atoms with E-state index in [4.69, 9.17) is 0 Å². The van der Waals surface area contributed by atoms with Gasteiger partial charge in [0.15, 0.2) is 0 Å². The van der Waals surface area contributed by atoms with Gasteiger partial charge in [-0.05, 0) is 49.7 Å². The summed E-state index contributed by atoms with van der Waals surface area (Å²) in [4.78, 5) is 4.53. The molecule has 0 radical (unpaired) electrons. The number of aromatic nitrogens is 1. The van der Waals surface area contributed by atoms with Crippen LogP contribution in [0.4, 0.5) is 11.6 Å². The van der Waals surface area contributed by atoms with E-state index < -0.39 is 0 Å². The van der Waals surface area contributed by atoms with Crippen LogP contribution in [0.15, 0.2) is 18.2 Å². The van der Waals surface area contributed by atoms with Crippen LogP contribution in [0.2, 0.25) is 0 Å². The number of nitrogens with one attached hydrogen (secondary N) is 2. The molecule has 2 saturated carbocycles. The second-order valence-electron chi connectivity index (χ2n) is 5.00. The summed E-state index contributed by atoms with van der Waals surface area (Å²) < 4.78 is 0. The van der Waals surface area contributed by atoms with Crippen molar-refractivity contribution in [1.29, 1.82) is 0 Å². The summed E-state index contributed by atoms with van der Waals surface area (Å²) in [6.45, 7) is 0. The predicted molar refractivity (Wildman–Crippen MR) is 66.6 cm³/mol. The van der Waals surface area contributed by atoms with Crippen molar-refractivity contribution >= 4 is 11.6 Å². The van der Waals surface area contributed by atoms with E-state index >= 15 is 0 Å². The lowest BCUT2D eigenvalue weighted by atomic mass is 10.1. The minimum Gasteiger partial charge on any atom is -0.373 e. The van der Waals surface area contributed by atoms with Gasteiger partial charge in [-0.15, -0.1) is 0 Å². The molecule has 3 nitrogen and oxygen atoms in total. The Balaban J connectivity index is 1.70. The lowest BCUT2D eigenvalue weighted by Crippen LogP contribution is -2.24. The van der Waals surface area contributed by atoms with Crippen LogP contribution in [0.5, 0.6) is 0 Å². The molecule has 0 aromatic carbocycles. The van der Waals surface area contributed by atoms with E-state index in [1.54, 1.807) is 0 Å². The minimum absolute atomic E-state index is 0.680. The van der Waals surface area contributed by atoms with Gasteiger partial charge in [0.2, 0.25) is 0 Å². The third kappa shape index (κ3) is 2.13. The van der Waals surface area contributed by atoms with Gasteiger partial charge >= 0.3 is 0 Å². The van der Waals surface area contributed by atoms with Gasteiger partial charge in [0.1, 0.15) is 11.6 Å². The van der Waals surface area contributed by atoms with Crippen LogP contribution < -0.4 is 10.6 Å². The van der Waals surface area contributed by atoms with Crippen LogP contribution in [-0.4, -0.2) is 18.1 Å². The Kier molecular flexibility index (Phi) is 2.46. The van der Waals surface area contributed by atoms with Gasteiger partial charge in [-0.3, -0.25) is 0 Å². The maximum atomic E-state index is 4.53. The van der Waals surface area contributed by atoms with E-state index in [1.165, 1.54) is 25.7 Å². The average Bonchev–Trinajstić information content (AvgIpc) is 3.18. The smallest absolute Gasteiger partial charge is 0.128 e. The first-order valence-electron chi connectivity index (χ1n) is 6.28. The quantitative estimate of drug-likeness (QED) is 0.796. The van der Waals surface area contributed by atoms with Gasteiger partial charge < -0.3 is 10.6 Å². The molecule has 2 aliphatic rings. The van der Waals surface area contributed by atoms with E-state index in [0.717, 1.165) is 23.5 Å². The first-order chi connectivity index (χ1) is 7.86. The van der Waals surface area contributed by atoms with Gasteiger partial charge in [-0.2, -0.15) is 0 Å². The van der Waals surface area contributed by atoms with Crippen molar-refractivity contribution < 1.29 is 0 Å². The zero-order chi connectivity index (χ0) is 11.0. The summed E-state index contributed by atoms with van der Waals surface area (Å²) in [7, 11) is 1.91. The standard InChI is InChI=1S/C13H19N3/c1-14-11-3-2-4-12(15-11)16-13(9-5-6-9)10-7-8-10/h2-4,9-10,13H,5-8H2,1H3,(H2,14,15,16). The van der Waals surface area contributed by atoms with Crippen molar-refractivity contribution in [3.63, 3.8) is 0 Å². The Labute approximate surface area is 96.7 Å². The van der Waals surface area contributed by atoms with E-state index in [-0.39, 0.29) is 0 Å². The normalized spacial score (nSPS) is 19.9. The predicted octanol–water partition coefficient (Wildman–Crippen LogP) is 2.72. The summed E-state index contributed by atoms with van der Waals surface area (Å²) in [6.07, 6.45) is 5.61. The van der Waals surface area contributed by atoms with Crippen LogP contribution >= 0.6 is 0 Å². The summed E-state index contributed by atoms with van der Waals surface area (Å²) in [5.41, 5.74) is 0. The second kappa shape index (κ2) is 3.96. The number of nitrogens with zero attached hydrogens (tertiary/aromatic N) is 1. The molecule has 0 atom stereocenters. The van der Waals surface area contributed by atoms with Crippen molar-refractivity contribution in [2.24, 2.45) is 11.8 Å². The number of rotatable bonds is 5. The molecule has 2 fully saturated rings. The first kappa shape index (κ1) is 9.94. The molecule has 0 bridgehead atoms. The highest BCUT2D eigenvalue weighted by Gasteiger charge is 2.41. The fourth-order valence-electron chi connectivity index (χ4n) is 2.36. The molecule has 0 unspecified atom stereocenters. The molecule has 0 saturated heterocycles. The minimum atomic E-state index is 0.680. The van der Waals surface area contributed by atoms with Crippen molar-refractivity contribution in [2.75, 3.05) is 17.7 Å². The van der Waals surface area contributed by atoms with E-state index in [0.29, 0.717) is 6.04 Å². The molecule has 2 N–H and O–H groups in total. The fraction of sp³-hybridized carbons (Fsp3) is 0.615. The van der Waals surface area contributed by atoms with Gasteiger partial charge in [0.25, 0.3) is 0 Å². The lowest BCUT2D eigenvalue weighted by molar-refractivity contribution is 0.566. The Morgan fingerprint density at radius 1 is 1.12 bits per heavy atom. The maximum absolute atomic E-state index is 4.53. The first-order valence-corrected chi connectivity index (χ1v) is 6.28. The molecule has 0 spiro atoms. The molecule has 3 rings (SSSR count). The Hall–Kier alpha value is -1.25. The van der Waals surface area contributed by atoms with Gasteiger partial charge in [-0.25, -0.2) is 4.98 Å². The zero-order valence-electron chi connectivity index (χ0n) is 9.74. The topological polar surface area (TPSA) is 37.0 Å². The number of hydrogen-bond acceptors (Lipinski definition) is 3. The molecule has 1 aromatic heterocycles. The molecular weight excluding hydrogens is 198 g/mol. The lowest BCUT2D eigenvalue weighted by Gasteiger charge is -2.18. The van der Waals surface area contributed by atoms with Crippen molar-refractivity contribution in [2.45, 2.75) is 31.7 Å². The van der Waals surface area contributed by atoms with Crippen LogP contribution in [0, 0.1) is 11.8 Å². The molecule has 1 aromatic rings. The highest BCUT2D eigenvalue weighted by Crippen LogP contribution is 2.45. The molecule has 0 amide bonds. The van der Waals surface area contributed by atoms with E-state index in [2.05, 4.69) is 27.8 Å². The molecule has 86 valence electrons. The highest BCUT2D eigenvalue weighted by molar-refractivity contribution is 5.45. The monoisotopic (exact) mass is 217 g/mol. The van der Waals surface area contributed by atoms with Crippen molar-refractivity contribution in [1.82, 2.24) is 4.98 Å². The Morgan fingerprint density at radius 2 is 1.75 bits per heavy atom. The Morgan fingerprint density at radius 3 is 2.31 bits per heavy atom. The van der Waals surface area contributed by atoms with E-state index in [1.807, 2.05) is 13.1 Å². The number of anilines is 2. The number of pyridine rings is 1. The van der Waals surface area contributed by atoms with Gasteiger partial charge in [0, 0.05) is 13.1 Å². The average molecular weight is 217 g/mol. The fourth-order valence-corrected chi connectivity index (χ4v) is 2.36.